The SMILES string of the molecule is Cc1nccn1-c1cn2c(C(C)C)cnc2c(NCCc2c[nH]c3cccc(F)c23)n1. The van der Waals surface area contributed by atoms with E-state index in [9.17, 15) is 4.39 Å². The summed E-state index contributed by atoms with van der Waals surface area (Å²) in [6.45, 7) is 6.83. The number of hydrogen-bond donors (Lipinski definition) is 2. The lowest BCUT2D eigenvalue weighted by molar-refractivity contribution is 0.639. The summed E-state index contributed by atoms with van der Waals surface area (Å²) in [7, 11) is 0. The van der Waals surface area contributed by atoms with E-state index in [4.69, 9.17) is 4.98 Å². The second-order valence-electron chi connectivity index (χ2n) is 7.98. The van der Waals surface area contributed by atoms with E-state index in [0.717, 1.165) is 34.1 Å². The fourth-order valence-corrected chi connectivity index (χ4v) is 4.00. The van der Waals surface area contributed by atoms with Gasteiger partial charge in [-0.05, 0) is 37.0 Å². The van der Waals surface area contributed by atoms with Crippen LogP contribution in [0.1, 0.15) is 36.8 Å². The van der Waals surface area contributed by atoms with Gasteiger partial charge in [-0.25, -0.2) is 19.3 Å². The maximum absolute atomic E-state index is 14.3. The standard InChI is InChI=1S/C23H24FN7/c1-14(2)19-12-28-23-22(29-20(13-31(19)23)30-10-9-25-15(30)3)26-8-7-16-11-27-18-6-4-5-17(24)21(16)18/h4-6,9-14,27H,7-8H2,1-3H3,(H,26,29). The molecule has 1 aromatic carbocycles. The van der Waals surface area contributed by atoms with Crippen LogP contribution in [0.25, 0.3) is 22.4 Å². The molecule has 0 fully saturated rings. The lowest BCUT2D eigenvalue weighted by Crippen LogP contribution is -2.11. The molecule has 0 amide bonds. The van der Waals surface area contributed by atoms with Crippen molar-refractivity contribution in [2.45, 2.75) is 33.1 Å². The largest absolute Gasteiger partial charge is 0.367 e. The minimum atomic E-state index is -0.207. The van der Waals surface area contributed by atoms with Gasteiger partial charge in [0.05, 0.1) is 6.20 Å². The van der Waals surface area contributed by atoms with Gasteiger partial charge in [-0.3, -0.25) is 8.97 Å². The second kappa shape index (κ2) is 7.54. The van der Waals surface area contributed by atoms with Gasteiger partial charge in [-0.1, -0.05) is 19.9 Å². The molecule has 0 aliphatic carbocycles. The van der Waals surface area contributed by atoms with Crippen molar-refractivity contribution in [1.29, 1.82) is 0 Å². The van der Waals surface area contributed by atoms with Gasteiger partial charge in [0.2, 0.25) is 0 Å². The topological polar surface area (TPSA) is 75.8 Å². The van der Waals surface area contributed by atoms with Gasteiger partial charge in [0.15, 0.2) is 17.3 Å². The number of rotatable bonds is 6. The van der Waals surface area contributed by atoms with Crippen LogP contribution in [0.2, 0.25) is 0 Å². The predicted molar refractivity (Wildman–Crippen MR) is 119 cm³/mol. The van der Waals surface area contributed by atoms with Gasteiger partial charge in [-0.2, -0.15) is 0 Å². The van der Waals surface area contributed by atoms with Crippen LogP contribution in [0.4, 0.5) is 10.2 Å². The van der Waals surface area contributed by atoms with E-state index < -0.39 is 0 Å². The van der Waals surface area contributed by atoms with Crippen LogP contribution in [0.5, 0.6) is 0 Å². The van der Waals surface area contributed by atoms with Crippen molar-refractivity contribution in [2.24, 2.45) is 0 Å². The Bertz CT molecular complexity index is 1380. The summed E-state index contributed by atoms with van der Waals surface area (Å²) in [5.41, 5.74) is 3.63. The van der Waals surface area contributed by atoms with E-state index in [1.165, 1.54) is 6.07 Å². The molecule has 0 saturated heterocycles. The number of fused-ring (bicyclic) bond motifs is 2. The van der Waals surface area contributed by atoms with Crippen molar-refractivity contribution in [3.05, 3.63) is 72.1 Å². The van der Waals surface area contributed by atoms with Gasteiger partial charge < -0.3 is 10.3 Å². The first kappa shape index (κ1) is 19.3. The summed E-state index contributed by atoms with van der Waals surface area (Å²) in [5.74, 6) is 2.43. The van der Waals surface area contributed by atoms with E-state index in [1.54, 1.807) is 12.3 Å². The molecule has 2 N–H and O–H groups in total. The number of anilines is 1. The molecule has 0 aliphatic heterocycles. The van der Waals surface area contributed by atoms with E-state index in [-0.39, 0.29) is 5.82 Å². The van der Waals surface area contributed by atoms with Gasteiger partial charge in [0.1, 0.15) is 11.6 Å². The Morgan fingerprint density at radius 3 is 2.87 bits per heavy atom. The van der Waals surface area contributed by atoms with Crippen LogP contribution < -0.4 is 5.32 Å². The number of hydrogen-bond acceptors (Lipinski definition) is 4. The first-order valence-corrected chi connectivity index (χ1v) is 10.4. The van der Waals surface area contributed by atoms with E-state index in [0.29, 0.717) is 30.1 Å². The molecule has 0 saturated carbocycles. The first-order valence-electron chi connectivity index (χ1n) is 10.4. The minimum absolute atomic E-state index is 0.207. The number of nitrogens with zero attached hydrogens (tertiary/aromatic N) is 5. The highest BCUT2D eigenvalue weighted by atomic mass is 19.1. The third-order valence-corrected chi connectivity index (χ3v) is 5.60. The van der Waals surface area contributed by atoms with Crippen LogP contribution in [0, 0.1) is 12.7 Å². The van der Waals surface area contributed by atoms with Crippen LogP contribution in [0.3, 0.4) is 0 Å². The van der Waals surface area contributed by atoms with Crippen molar-refractivity contribution in [2.75, 3.05) is 11.9 Å². The number of aromatic nitrogens is 6. The van der Waals surface area contributed by atoms with Crippen LogP contribution >= 0.6 is 0 Å². The fourth-order valence-electron chi connectivity index (χ4n) is 4.00. The molecule has 0 unspecified atom stereocenters. The average molecular weight is 417 g/mol. The number of nitrogens with one attached hydrogen (secondary N) is 2. The minimum Gasteiger partial charge on any atom is -0.367 e. The molecule has 7 nitrogen and oxygen atoms in total. The molecular formula is C23H24FN7. The lowest BCUT2D eigenvalue weighted by Gasteiger charge is -2.13. The molecule has 0 spiro atoms. The highest BCUT2D eigenvalue weighted by Gasteiger charge is 2.15. The number of aromatic amines is 1. The van der Waals surface area contributed by atoms with Gasteiger partial charge in [0.25, 0.3) is 0 Å². The second-order valence-corrected chi connectivity index (χ2v) is 7.98. The Hall–Kier alpha value is -3.68. The zero-order valence-corrected chi connectivity index (χ0v) is 17.7. The number of aryl methyl sites for hydroxylation is 1. The Morgan fingerprint density at radius 2 is 2.10 bits per heavy atom. The van der Waals surface area contributed by atoms with Gasteiger partial charge in [-0.15, -0.1) is 0 Å². The molecule has 0 radical (unpaired) electrons. The Morgan fingerprint density at radius 1 is 1.23 bits per heavy atom. The fraction of sp³-hybridized carbons (Fsp3) is 0.261. The highest BCUT2D eigenvalue weighted by molar-refractivity contribution is 5.83. The summed E-state index contributed by atoms with van der Waals surface area (Å²) < 4.78 is 18.3. The Labute approximate surface area is 179 Å². The molecule has 0 bridgehead atoms. The molecule has 31 heavy (non-hydrogen) atoms. The quantitative estimate of drug-likeness (QED) is 0.423. The molecule has 158 valence electrons. The highest BCUT2D eigenvalue weighted by Crippen LogP contribution is 2.24. The number of imidazole rings is 2. The molecule has 0 aliphatic rings. The summed E-state index contributed by atoms with van der Waals surface area (Å²) >= 11 is 0. The molecular weight excluding hydrogens is 393 g/mol. The smallest absolute Gasteiger partial charge is 0.180 e. The van der Waals surface area contributed by atoms with Crippen molar-refractivity contribution in [3.8, 4) is 5.82 Å². The van der Waals surface area contributed by atoms with Crippen molar-refractivity contribution in [1.82, 2.24) is 28.9 Å². The molecule has 5 aromatic rings. The monoisotopic (exact) mass is 417 g/mol. The zero-order valence-electron chi connectivity index (χ0n) is 17.7. The zero-order chi connectivity index (χ0) is 21.5. The van der Waals surface area contributed by atoms with E-state index in [1.807, 2.05) is 42.3 Å². The average Bonchev–Trinajstić information content (AvgIpc) is 3.46. The molecule has 5 rings (SSSR count). The van der Waals surface area contributed by atoms with Crippen molar-refractivity contribution < 1.29 is 4.39 Å². The van der Waals surface area contributed by atoms with E-state index >= 15 is 0 Å². The maximum Gasteiger partial charge on any atom is 0.180 e. The van der Waals surface area contributed by atoms with Crippen LogP contribution in [0.15, 0.2) is 49.2 Å². The number of benzene rings is 1. The van der Waals surface area contributed by atoms with Gasteiger partial charge >= 0.3 is 0 Å². The number of H-pyrrole nitrogens is 1. The Kier molecular flexibility index (Phi) is 4.69. The molecule has 4 heterocycles. The summed E-state index contributed by atoms with van der Waals surface area (Å²) in [6, 6.07) is 5.09. The third kappa shape index (κ3) is 3.34. The predicted octanol–water partition coefficient (Wildman–Crippen LogP) is 4.62. The molecule has 4 aromatic heterocycles. The van der Waals surface area contributed by atoms with Gasteiger partial charge in [0, 0.05) is 47.9 Å². The summed E-state index contributed by atoms with van der Waals surface area (Å²) in [6.07, 6.45) is 10.1. The maximum atomic E-state index is 14.3. The number of halogens is 1. The third-order valence-electron chi connectivity index (χ3n) is 5.60. The molecule has 0 atom stereocenters. The van der Waals surface area contributed by atoms with E-state index in [2.05, 4.69) is 38.5 Å². The lowest BCUT2D eigenvalue weighted by atomic mass is 10.1. The van der Waals surface area contributed by atoms with Crippen LogP contribution in [-0.2, 0) is 6.42 Å². The first-order chi connectivity index (χ1) is 15.0. The summed E-state index contributed by atoms with van der Waals surface area (Å²) in [4.78, 5) is 16.9. The normalized spacial score (nSPS) is 11.8. The van der Waals surface area contributed by atoms with Crippen molar-refractivity contribution in [3.63, 3.8) is 0 Å². The van der Waals surface area contributed by atoms with Crippen LogP contribution in [-0.4, -0.2) is 35.4 Å². The summed E-state index contributed by atoms with van der Waals surface area (Å²) in [5, 5.41) is 4.07. The molecule has 8 heteroatoms. The Balaban J connectivity index is 1.49. The van der Waals surface area contributed by atoms with Crippen molar-refractivity contribution >= 4 is 22.4 Å².